The van der Waals surface area contributed by atoms with Crippen LogP contribution in [0.5, 0.6) is 0 Å². The number of aromatic nitrogens is 1. The highest BCUT2D eigenvalue weighted by Crippen LogP contribution is 2.15. The molecule has 0 aliphatic rings. The molecular weight excluding hydrogens is 201 g/mol. The summed E-state index contributed by atoms with van der Waals surface area (Å²) < 4.78 is 37.0. The number of H-pyrrole nitrogens is 1. The highest BCUT2D eigenvalue weighted by atomic mass is 19.3. The lowest BCUT2D eigenvalue weighted by atomic mass is 10.2. The Bertz CT molecular complexity index is 427. The monoisotopic (exact) mass is 206 g/mol. The van der Waals surface area contributed by atoms with Gasteiger partial charge < -0.3 is 10.7 Å². The number of nitrogens with one attached hydrogen (secondary N) is 1. The topological polar surface area (TPSA) is 76.0 Å². The molecule has 76 valence electrons. The number of carbonyl (C=O) groups is 1. The molecule has 0 aliphatic carbocycles. The summed E-state index contributed by atoms with van der Waals surface area (Å²) in [5.74, 6) is -2.76. The van der Waals surface area contributed by atoms with Gasteiger partial charge in [0.2, 0.25) is 5.43 Å². The molecule has 0 saturated carbocycles. The summed E-state index contributed by atoms with van der Waals surface area (Å²) in [5, 5.41) is 0. The Kier molecular flexibility index (Phi) is 2.59. The Balaban J connectivity index is 3.43. The molecule has 0 fully saturated rings. The number of rotatable bonds is 2. The molecule has 4 nitrogen and oxygen atoms in total. The van der Waals surface area contributed by atoms with Gasteiger partial charge in [-0.25, -0.2) is 13.2 Å². The molecule has 7 heteroatoms. The Morgan fingerprint density at radius 2 is 2.07 bits per heavy atom. The molecule has 14 heavy (non-hydrogen) atoms. The lowest BCUT2D eigenvalue weighted by Gasteiger charge is -2.02. The first-order chi connectivity index (χ1) is 6.43. The van der Waals surface area contributed by atoms with Crippen molar-refractivity contribution < 1.29 is 18.0 Å². The van der Waals surface area contributed by atoms with Gasteiger partial charge in [-0.05, 0) is 0 Å². The highest BCUT2D eigenvalue weighted by molar-refractivity contribution is 5.91. The molecule has 3 N–H and O–H groups in total. The van der Waals surface area contributed by atoms with E-state index in [-0.39, 0.29) is 0 Å². The van der Waals surface area contributed by atoms with Crippen LogP contribution in [0.1, 0.15) is 22.6 Å². The minimum atomic E-state index is -3.00. The van der Waals surface area contributed by atoms with Crippen molar-refractivity contribution in [1.82, 2.24) is 4.98 Å². The molecule has 1 amide bonds. The van der Waals surface area contributed by atoms with E-state index < -0.39 is 35.0 Å². The fourth-order valence-corrected chi connectivity index (χ4v) is 0.850. The Morgan fingerprint density at radius 1 is 1.50 bits per heavy atom. The van der Waals surface area contributed by atoms with Gasteiger partial charge in [0.1, 0.15) is 5.69 Å². The molecule has 0 spiro atoms. The third-order valence-corrected chi connectivity index (χ3v) is 1.47. The van der Waals surface area contributed by atoms with E-state index in [1.807, 2.05) is 0 Å². The molecule has 0 bridgehead atoms. The number of hydrogen-bond donors (Lipinski definition) is 2. The molecule has 0 aromatic carbocycles. The van der Waals surface area contributed by atoms with Crippen molar-refractivity contribution in [2.24, 2.45) is 5.73 Å². The van der Waals surface area contributed by atoms with E-state index in [1.165, 1.54) is 0 Å². The number of amides is 1. The van der Waals surface area contributed by atoms with Crippen molar-refractivity contribution in [3.63, 3.8) is 0 Å². The maximum absolute atomic E-state index is 12.8. The third-order valence-electron chi connectivity index (χ3n) is 1.47. The summed E-state index contributed by atoms with van der Waals surface area (Å²) >= 11 is 0. The molecular formula is C7H5F3N2O2. The van der Waals surface area contributed by atoms with Gasteiger partial charge in [0.05, 0.1) is 5.69 Å². The van der Waals surface area contributed by atoms with Crippen LogP contribution in [0, 0.1) is 5.82 Å². The zero-order valence-electron chi connectivity index (χ0n) is 6.68. The fourth-order valence-electron chi connectivity index (χ4n) is 0.850. The highest BCUT2D eigenvalue weighted by Gasteiger charge is 2.17. The minimum Gasteiger partial charge on any atom is -0.364 e. The minimum absolute atomic E-state index is 0.381. The summed E-state index contributed by atoms with van der Waals surface area (Å²) in [6.45, 7) is 0. The molecule has 0 atom stereocenters. The maximum Gasteiger partial charge on any atom is 0.278 e. The number of halogens is 3. The number of nitrogens with two attached hydrogens (primary N) is 1. The van der Waals surface area contributed by atoms with Crippen LogP contribution in [-0.4, -0.2) is 10.9 Å². The second kappa shape index (κ2) is 3.52. The first-order valence-corrected chi connectivity index (χ1v) is 3.44. The molecule has 0 radical (unpaired) electrons. The second-order valence-corrected chi connectivity index (χ2v) is 2.44. The lowest BCUT2D eigenvalue weighted by Crippen LogP contribution is -2.22. The maximum atomic E-state index is 12.8. The second-order valence-electron chi connectivity index (χ2n) is 2.44. The molecule has 0 aliphatic heterocycles. The summed E-state index contributed by atoms with van der Waals surface area (Å²) in [5.41, 5.74) is 1.58. The van der Waals surface area contributed by atoms with Crippen LogP contribution in [0.25, 0.3) is 0 Å². The average molecular weight is 206 g/mol. The quantitative estimate of drug-likeness (QED) is 0.741. The van der Waals surface area contributed by atoms with Crippen molar-refractivity contribution in [1.29, 1.82) is 0 Å². The zero-order valence-corrected chi connectivity index (χ0v) is 6.68. The van der Waals surface area contributed by atoms with Crippen LogP contribution in [0.15, 0.2) is 10.9 Å². The zero-order chi connectivity index (χ0) is 10.9. The number of aromatic amines is 1. The first-order valence-electron chi connectivity index (χ1n) is 3.44. The molecule has 1 aromatic rings. The van der Waals surface area contributed by atoms with Gasteiger partial charge in [0.25, 0.3) is 12.3 Å². The van der Waals surface area contributed by atoms with Gasteiger partial charge in [-0.3, -0.25) is 9.59 Å². The first kappa shape index (κ1) is 10.3. The Morgan fingerprint density at radius 3 is 2.50 bits per heavy atom. The summed E-state index contributed by atoms with van der Waals surface area (Å²) in [7, 11) is 0. The standard InChI is InChI=1S/C7H5F3N2O2/c8-4-3(13)1-2(6(9)10)12-5(4)7(11)14/h1,6H,(H2,11,14)(H,12,13). The normalized spacial score (nSPS) is 10.6. The molecule has 0 saturated heterocycles. The van der Waals surface area contributed by atoms with Crippen LogP contribution in [0.4, 0.5) is 13.2 Å². The van der Waals surface area contributed by atoms with Crippen LogP contribution in [0.3, 0.4) is 0 Å². The van der Waals surface area contributed by atoms with Crippen LogP contribution >= 0.6 is 0 Å². The molecule has 1 rings (SSSR count). The molecule has 0 unspecified atom stereocenters. The van der Waals surface area contributed by atoms with E-state index in [1.54, 1.807) is 4.98 Å². The van der Waals surface area contributed by atoms with Crippen LogP contribution in [-0.2, 0) is 0 Å². The largest absolute Gasteiger partial charge is 0.364 e. The molecule has 1 heterocycles. The number of carbonyl (C=O) groups excluding carboxylic acids is 1. The van der Waals surface area contributed by atoms with Crippen molar-refractivity contribution in [2.45, 2.75) is 6.43 Å². The summed E-state index contributed by atoms with van der Waals surface area (Å²) in [4.78, 5) is 23.0. The molecule has 1 aromatic heterocycles. The van der Waals surface area contributed by atoms with Crippen molar-refractivity contribution in [2.75, 3.05) is 0 Å². The number of alkyl halides is 2. The predicted octanol–water partition coefficient (Wildman–Crippen LogP) is 0.550. The third kappa shape index (κ3) is 1.76. The Hall–Kier alpha value is -1.79. The smallest absolute Gasteiger partial charge is 0.278 e. The van der Waals surface area contributed by atoms with E-state index in [2.05, 4.69) is 5.73 Å². The van der Waals surface area contributed by atoms with Gasteiger partial charge in [-0.15, -0.1) is 0 Å². The van der Waals surface area contributed by atoms with E-state index >= 15 is 0 Å². The SMILES string of the molecule is NC(=O)c1[nH]c(C(F)F)cc(=O)c1F. The van der Waals surface area contributed by atoms with Crippen molar-refractivity contribution in [3.05, 3.63) is 33.5 Å². The average Bonchev–Trinajstić information content (AvgIpc) is 2.08. The predicted molar refractivity (Wildman–Crippen MR) is 40.5 cm³/mol. The van der Waals surface area contributed by atoms with E-state index in [0.717, 1.165) is 0 Å². The van der Waals surface area contributed by atoms with Gasteiger partial charge in [0, 0.05) is 6.07 Å². The summed E-state index contributed by atoms with van der Waals surface area (Å²) in [6, 6.07) is 0.381. The van der Waals surface area contributed by atoms with Crippen molar-refractivity contribution in [3.8, 4) is 0 Å². The van der Waals surface area contributed by atoms with E-state index in [4.69, 9.17) is 0 Å². The number of primary amides is 1. The van der Waals surface area contributed by atoms with E-state index in [9.17, 15) is 22.8 Å². The summed E-state index contributed by atoms with van der Waals surface area (Å²) in [6.07, 6.45) is -3.00. The van der Waals surface area contributed by atoms with Gasteiger partial charge in [-0.1, -0.05) is 0 Å². The number of pyridine rings is 1. The van der Waals surface area contributed by atoms with Gasteiger partial charge in [-0.2, -0.15) is 0 Å². The number of hydrogen-bond acceptors (Lipinski definition) is 2. The van der Waals surface area contributed by atoms with Crippen LogP contribution < -0.4 is 11.2 Å². The lowest BCUT2D eigenvalue weighted by molar-refractivity contribution is 0.0988. The van der Waals surface area contributed by atoms with E-state index in [0.29, 0.717) is 6.07 Å². The van der Waals surface area contributed by atoms with Gasteiger partial charge >= 0.3 is 0 Å². The Labute approximate surface area is 75.5 Å². The van der Waals surface area contributed by atoms with Crippen molar-refractivity contribution >= 4 is 5.91 Å². The van der Waals surface area contributed by atoms with Gasteiger partial charge in [0.15, 0.2) is 5.82 Å². The van der Waals surface area contributed by atoms with Crippen LogP contribution in [0.2, 0.25) is 0 Å². The fraction of sp³-hybridized carbons (Fsp3) is 0.143.